The summed E-state index contributed by atoms with van der Waals surface area (Å²) in [5, 5.41) is 12.5. The van der Waals surface area contributed by atoms with Crippen LogP contribution in [-0.2, 0) is 11.3 Å². The van der Waals surface area contributed by atoms with E-state index in [1.54, 1.807) is 12.1 Å². The SMILES string of the molecule is COCc1c(C(=O)Nc2nnc(-c3ccccc3)s2)sc2cccc(F)c12. The van der Waals surface area contributed by atoms with Crippen LogP contribution in [0.15, 0.2) is 48.5 Å². The Morgan fingerprint density at radius 1 is 1.11 bits per heavy atom. The summed E-state index contributed by atoms with van der Waals surface area (Å²) in [6.07, 6.45) is 0. The Labute approximate surface area is 162 Å². The molecule has 0 bridgehead atoms. The number of ether oxygens (including phenoxy) is 1. The average molecular weight is 399 g/mol. The molecule has 0 atom stereocenters. The lowest BCUT2D eigenvalue weighted by atomic mass is 10.1. The predicted molar refractivity (Wildman–Crippen MR) is 106 cm³/mol. The lowest BCUT2D eigenvalue weighted by Gasteiger charge is -2.04. The van der Waals surface area contributed by atoms with Crippen molar-refractivity contribution in [3.8, 4) is 10.6 Å². The molecule has 2 aromatic heterocycles. The Morgan fingerprint density at radius 3 is 2.70 bits per heavy atom. The summed E-state index contributed by atoms with van der Waals surface area (Å²) < 4.78 is 20.2. The fourth-order valence-electron chi connectivity index (χ4n) is 2.76. The first-order valence-electron chi connectivity index (χ1n) is 8.06. The highest BCUT2D eigenvalue weighted by molar-refractivity contribution is 7.21. The molecule has 0 radical (unpaired) electrons. The van der Waals surface area contributed by atoms with Gasteiger partial charge in [0.25, 0.3) is 5.91 Å². The van der Waals surface area contributed by atoms with Gasteiger partial charge >= 0.3 is 0 Å². The maximum atomic E-state index is 14.3. The molecule has 8 heteroatoms. The fraction of sp³-hybridized carbons (Fsp3) is 0.105. The number of rotatable bonds is 5. The van der Waals surface area contributed by atoms with E-state index in [0.29, 0.717) is 30.7 Å². The number of hydrogen-bond donors (Lipinski definition) is 1. The summed E-state index contributed by atoms with van der Waals surface area (Å²) in [7, 11) is 1.52. The molecule has 0 aliphatic heterocycles. The fourth-order valence-corrected chi connectivity index (χ4v) is 4.62. The van der Waals surface area contributed by atoms with Gasteiger partial charge in [-0.2, -0.15) is 0 Å². The second kappa shape index (κ2) is 7.51. The molecule has 2 aromatic carbocycles. The molecule has 0 fully saturated rings. The number of nitrogens with one attached hydrogen (secondary N) is 1. The molecule has 4 rings (SSSR count). The molecule has 0 saturated carbocycles. The molecule has 2 heterocycles. The van der Waals surface area contributed by atoms with E-state index in [-0.39, 0.29) is 18.3 Å². The van der Waals surface area contributed by atoms with Gasteiger partial charge < -0.3 is 4.74 Å². The van der Waals surface area contributed by atoms with Crippen LogP contribution in [0.5, 0.6) is 0 Å². The molecule has 0 aliphatic carbocycles. The molecule has 1 N–H and O–H groups in total. The lowest BCUT2D eigenvalue weighted by molar-refractivity contribution is 0.102. The van der Waals surface area contributed by atoms with Gasteiger partial charge in [-0.25, -0.2) is 4.39 Å². The van der Waals surface area contributed by atoms with Gasteiger partial charge in [-0.1, -0.05) is 47.7 Å². The standard InChI is InChI=1S/C19H14FN3O2S2/c1-25-10-12-15-13(20)8-5-9-14(15)26-16(12)17(24)21-19-23-22-18(27-19)11-6-3-2-4-7-11/h2-9H,10H2,1H3,(H,21,23,24). The Bertz CT molecular complexity index is 1110. The number of carbonyl (C=O) groups excluding carboxylic acids is 1. The average Bonchev–Trinajstić information content (AvgIpc) is 3.29. The Morgan fingerprint density at radius 2 is 1.93 bits per heavy atom. The first-order chi connectivity index (χ1) is 13.2. The largest absolute Gasteiger partial charge is 0.380 e. The van der Waals surface area contributed by atoms with Crippen molar-refractivity contribution in [1.29, 1.82) is 0 Å². The summed E-state index contributed by atoms with van der Waals surface area (Å²) in [6.45, 7) is 0.148. The first-order valence-corrected chi connectivity index (χ1v) is 9.69. The van der Waals surface area contributed by atoms with Crippen molar-refractivity contribution in [1.82, 2.24) is 10.2 Å². The molecule has 4 aromatic rings. The highest BCUT2D eigenvalue weighted by Gasteiger charge is 2.21. The minimum Gasteiger partial charge on any atom is -0.380 e. The number of nitrogens with zero attached hydrogens (tertiary/aromatic N) is 2. The second-order valence-corrected chi connectivity index (χ2v) is 7.72. The van der Waals surface area contributed by atoms with Crippen LogP contribution in [0.4, 0.5) is 9.52 Å². The van der Waals surface area contributed by atoms with Crippen molar-refractivity contribution in [3.63, 3.8) is 0 Å². The second-order valence-electron chi connectivity index (χ2n) is 5.69. The number of halogens is 1. The van der Waals surface area contributed by atoms with Crippen molar-refractivity contribution in [2.24, 2.45) is 0 Å². The third-order valence-electron chi connectivity index (χ3n) is 3.92. The van der Waals surface area contributed by atoms with Crippen LogP contribution in [0.3, 0.4) is 0 Å². The molecule has 0 spiro atoms. The molecule has 1 amide bonds. The van der Waals surface area contributed by atoms with Crippen molar-refractivity contribution in [3.05, 3.63) is 64.8 Å². The zero-order valence-electron chi connectivity index (χ0n) is 14.2. The highest BCUT2D eigenvalue weighted by atomic mass is 32.1. The van der Waals surface area contributed by atoms with Crippen LogP contribution in [0.2, 0.25) is 0 Å². The molecule has 5 nitrogen and oxygen atoms in total. The zero-order chi connectivity index (χ0) is 18.8. The monoisotopic (exact) mass is 399 g/mol. The van der Waals surface area contributed by atoms with Gasteiger partial charge in [-0.15, -0.1) is 21.5 Å². The Hall–Kier alpha value is -2.68. The number of aromatic nitrogens is 2. The third-order valence-corrected chi connectivity index (χ3v) is 6.01. The Balaban J connectivity index is 1.65. The molecule has 0 saturated heterocycles. The van der Waals surface area contributed by atoms with Gasteiger partial charge in [0.2, 0.25) is 5.13 Å². The molecule has 0 aliphatic rings. The van der Waals surface area contributed by atoms with Crippen LogP contribution in [0, 0.1) is 5.82 Å². The maximum Gasteiger partial charge on any atom is 0.267 e. The summed E-state index contributed by atoms with van der Waals surface area (Å²) in [5.41, 5.74) is 1.47. The van der Waals surface area contributed by atoms with Crippen molar-refractivity contribution < 1.29 is 13.9 Å². The van der Waals surface area contributed by atoms with Crippen LogP contribution in [-0.4, -0.2) is 23.2 Å². The van der Waals surface area contributed by atoms with Gasteiger partial charge in [0.15, 0.2) is 0 Å². The quantitative estimate of drug-likeness (QED) is 0.515. The number of benzene rings is 2. The summed E-state index contributed by atoms with van der Waals surface area (Å²) >= 11 is 2.52. The van der Waals surface area contributed by atoms with Crippen molar-refractivity contribution in [2.45, 2.75) is 6.61 Å². The van der Waals surface area contributed by atoms with Gasteiger partial charge in [-0.05, 0) is 12.1 Å². The number of fused-ring (bicyclic) bond motifs is 1. The number of carbonyl (C=O) groups is 1. The van der Waals surface area contributed by atoms with Crippen LogP contribution in [0.25, 0.3) is 20.7 Å². The minimum atomic E-state index is -0.364. The summed E-state index contributed by atoms with van der Waals surface area (Å²) in [6, 6.07) is 14.4. The van der Waals surface area contributed by atoms with Gasteiger partial charge in [0, 0.05) is 28.3 Å². The van der Waals surface area contributed by atoms with Gasteiger partial charge in [0.05, 0.1) is 11.5 Å². The van der Waals surface area contributed by atoms with Crippen LogP contribution >= 0.6 is 22.7 Å². The van der Waals surface area contributed by atoms with E-state index in [1.165, 1.54) is 35.8 Å². The molecule has 136 valence electrons. The smallest absolute Gasteiger partial charge is 0.267 e. The van der Waals surface area contributed by atoms with Crippen LogP contribution in [0.1, 0.15) is 15.2 Å². The molecule has 0 unspecified atom stereocenters. The van der Waals surface area contributed by atoms with E-state index in [9.17, 15) is 9.18 Å². The molecular weight excluding hydrogens is 385 g/mol. The number of methoxy groups -OCH3 is 1. The first kappa shape index (κ1) is 17.7. The summed E-state index contributed by atoms with van der Waals surface area (Å²) in [4.78, 5) is 13.2. The van der Waals surface area contributed by atoms with Crippen molar-refractivity contribution in [2.75, 3.05) is 12.4 Å². The van der Waals surface area contributed by atoms with Crippen LogP contribution < -0.4 is 5.32 Å². The number of amides is 1. The van der Waals surface area contributed by atoms with Gasteiger partial charge in [0.1, 0.15) is 10.8 Å². The van der Waals surface area contributed by atoms with E-state index in [0.717, 1.165) is 5.56 Å². The third kappa shape index (κ3) is 3.46. The summed E-state index contributed by atoms with van der Waals surface area (Å²) in [5.74, 6) is -0.712. The van der Waals surface area contributed by atoms with Gasteiger partial charge in [-0.3, -0.25) is 10.1 Å². The van der Waals surface area contributed by atoms with E-state index < -0.39 is 0 Å². The number of hydrogen-bond acceptors (Lipinski definition) is 6. The van der Waals surface area contributed by atoms with E-state index in [4.69, 9.17) is 4.74 Å². The van der Waals surface area contributed by atoms with E-state index in [1.807, 2.05) is 30.3 Å². The highest BCUT2D eigenvalue weighted by Crippen LogP contribution is 2.35. The van der Waals surface area contributed by atoms with E-state index in [2.05, 4.69) is 15.5 Å². The molecular formula is C19H14FN3O2S2. The number of anilines is 1. The maximum absolute atomic E-state index is 14.3. The van der Waals surface area contributed by atoms with E-state index >= 15 is 0 Å². The number of thiophene rings is 1. The van der Waals surface area contributed by atoms with Crippen molar-refractivity contribution >= 4 is 43.8 Å². The predicted octanol–water partition coefficient (Wildman–Crippen LogP) is 4.96. The molecule has 27 heavy (non-hydrogen) atoms. The normalized spacial score (nSPS) is 11.0. The zero-order valence-corrected chi connectivity index (χ0v) is 15.9. The topological polar surface area (TPSA) is 64.1 Å². The lowest BCUT2D eigenvalue weighted by Crippen LogP contribution is -2.12. The minimum absolute atomic E-state index is 0.148. The Kier molecular flexibility index (Phi) is 4.93.